The normalized spacial score (nSPS) is 16.4. The van der Waals surface area contributed by atoms with Gasteiger partial charge in [-0.1, -0.05) is 18.2 Å². The molecule has 0 radical (unpaired) electrons. The van der Waals surface area contributed by atoms with E-state index in [-0.39, 0.29) is 12.0 Å². The Hall–Kier alpha value is -3.12. The Morgan fingerprint density at radius 2 is 1.96 bits per heavy atom. The van der Waals surface area contributed by atoms with Gasteiger partial charge in [-0.2, -0.15) is 5.10 Å². The Bertz CT molecular complexity index is 869. The number of hydrogen-bond acceptors (Lipinski definition) is 4. The van der Waals surface area contributed by atoms with Crippen LogP contribution in [0.15, 0.2) is 67.0 Å². The maximum absolute atomic E-state index is 12.4. The van der Waals surface area contributed by atoms with Gasteiger partial charge in [0.2, 0.25) is 0 Å². The van der Waals surface area contributed by atoms with Crippen molar-refractivity contribution in [3.8, 4) is 11.4 Å². The van der Waals surface area contributed by atoms with E-state index in [0.717, 1.165) is 24.5 Å². The lowest BCUT2D eigenvalue weighted by Crippen LogP contribution is -2.15. The van der Waals surface area contributed by atoms with Gasteiger partial charge in [0.15, 0.2) is 0 Å². The van der Waals surface area contributed by atoms with Crippen LogP contribution in [-0.2, 0) is 4.74 Å². The molecule has 1 amide bonds. The van der Waals surface area contributed by atoms with Crippen molar-refractivity contribution in [3.63, 3.8) is 0 Å². The highest BCUT2D eigenvalue weighted by molar-refractivity contribution is 6.04. The molecular weight excluding hydrogens is 330 g/mol. The van der Waals surface area contributed by atoms with Crippen molar-refractivity contribution in [2.45, 2.75) is 12.5 Å². The lowest BCUT2D eigenvalue weighted by Gasteiger charge is -2.12. The van der Waals surface area contributed by atoms with Gasteiger partial charge in [-0.05, 0) is 36.4 Å². The van der Waals surface area contributed by atoms with Crippen molar-refractivity contribution in [1.82, 2.24) is 9.78 Å². The van der Waals surface area contributed by atoms with Gasteiger partial charge < -0.3 is 14.8 Å². The predicted octanol–water partition coefficient (Wildman–Crippen LogP) is 3.29. The number of rotatable bonds is 5. The molecule has 0 saturated carbocycles. The fraction of sp³-hybridized carbons (Fsp3) is 0.200. The van der Waals surface area contributed by atoms with Crippen LogP contribution in [0.1, 0.15) is 16.8 Å². The fourth-order valence-electron chi connectivity index (χ4n) is 2.78. The van der Waals surface area contributed by atoms with Gasteiger partial charge in [0.1, 0.15) is 11.9 Å². The van der Waals surface area contributed by atoms with Gasteiger partial charge in [0, 0.05) is 18.3 Å². The Balaban J connectivity index is 1.39. The molecule has 0 bridgehead atoms. The molecule has 1 N–H and O–H groups in total. The minimum absolute atomic E-state index is 0.110. The smallest absolute Gasteiger partial charge is 0.258 e. The van der Waals surface area contributed by atoms with Gasteiger partial charge in [0.05, 0.1) is 30.7 Å². The molecule has 1 aromatic heterocycles. The second kappa shape index (κ2) is 7.41. The number of nitrogens with one attached hydrogen (secondary N) is 1. The van der Waals surface area contributed by atoms with Crippen LogP contribution in [0.5, 0.6) is 5.75 Å². The summed E-state index contributed by atoms with van der Waals surface area (Å²) in [7, 11) is 0. The minimum atomic E-state index is -0.204. The van der Waals surface area contributed by atoms with Crippen LogP contribution >= 0.6 is 0 Å². The molecule has 1 atom stereocenters. The van der Waals surface area contributed by atoms with Gasteiger partial charge in [-0.25, -0.2) is 4.68 Å². The molecule has 0 unspecified atom stereocenters. The quantitative estimate of drug-likeness (QED) is 0.768. The van der Waals surface area contributed by atoms with Gasteiger partial charge in [-0.3, -0.25) is 4.79 Å². The third-order valence-electron chi connectivity index (χ3n) is 4.17. The summed E-state index contributed by atoms with van der Waals surface area (Å²) < 4.78 is 12.8. The molecule has 6 nitrogen and oxygen atoms in total. The third-order valence-corrected chi connectivity index (χ3v) is 4.17. The average Bonchev–Trinajstić information content (AvgIpc) is 3.36. The monoisotopic (exact) mass is 349 g/mol. The second-order valence-electron chi connectivity index (χ2n) is 6.09. The molecule has 1 aliphatic heterocycles. The van der Waals surface area contributed by atoms with Gasteiger partial charge >= 0.3 is 0 Å². The highest BCUT2D eigenvalue weighted by Crippen LogP contribution is 2.20. The highest BCUT2D eigenvalue weighted by atomic mass is 16.5. The van der Waals surface area contributed by atoms with Crippen LogP contribution in [-0.4, -0.2) is 35.0 Å². The largest absolute Gasteiger partial charge is 0.488 e. The molecule has 3 aromatic rings. The second-order valence-corrected chi connectivity index (χ2v) is 6.09. The van der Waals surface area contributed by atoms with E-state index in [1.165, 1.54) is 0 Å². The Morgan fingerprint density at radius 1 is 1.15 bits per heavy atom. The summed E-state index contributed by atoms with van der Waals surface area (Å²) in [5.74, 6) is 0.570. The summed E-state index contributed by atoms with van der Waals surface area (Å²) in [6.07, 6.45) is 4.28. The standard InChI is InChI=1S/C20H19N3O3/c24-20(15-12-21-23(13-15)17-4-2-1-3-5-17)22-16-6-8-18(9-7-16)26-19-10-11-25-14-19/h1-9,12-13,19H,10-11,14H2,(H,22,24)/t19-/m1/s1. The zero-order valence-electron chi connectivity index (χ0n) is 14.2. The maximum atomic E-state index is 12.4. The summed E-state index contributed by atoms with van der Waals surface area (Å²) in [5, 5.41) is 7.12. The molecule has 2 heterocycles. The number of nitrogens with zero attached hydrogens (tertiary/aromatic N) is 2. The van der Waals surface area contributed by atoms with Gasteiger partial charge in [-0.15, -0.1) is 0 Å². The number of hydrogen-bond donors (Lipinski definition) is 1. The summed E-state index contributed by atoms with van der Waals surface area (Å²) in [6, 6.07) is 17.0. The van der Waals surface area contributed by atoms with Crippen molar-refractivity contribution >= 4 is 11.6 Å². The van der Waals surface area contributed by atoms with Crippen LogP contribution in [0.3, 0.4) is 0 Å². The van der Waals surface area contributed by atoms with E-state index < -0.39 is 0 Å². The summed E-state index contributed by atoms with van der Waals surface area (Å²) in [6.45, 7) is 1.37. The first kappa shape index (κ1) is 16.4. The molecule has 0 spiro atoms. The summed E-state index contributed by atoms with van der Waals surface area (Å²) >= 11 is 0. The van der Waals surface area contributed by atoms with E-state index in [9.17, 15) is 4.79 Å². The van der Waals surface area contributed by atoms with Crippen LogP contribution < -0.4 is 10.1 Å². The SMILES string of the molecule is O=C(Nc1ccc(O[C@@H]2CCOC2)cc1)c1cnn(-c2ccccc2)c1. The summed E-state index contributed by atoms with van der Waals surface area (Å²) in [4.78, 5) is 12.4. The Labute approximate surface area is 151 Å². The van der Waals surface area contributed by atoms with Crippen molar-refractivity contribution < 1.29 is 14.3 Å². The molecule has 1 fully saturated rings. The number of para-hydroxylation sites is 1. The van der Waals surface area contributed by atoms with E-state index in [4.69, 9.17) is 9.47 Å². The van der Waals surface area contributed by atoms with Crippen molar-refractivity contribution in [3.05, 3.63) is 72.6 Å². The number of anilines is 1. The van der Waals surface area contributed by atoms with E-state index in [1.807, 2.05) is 54.6 Å². The van der Waals surface area contributed by atoms with E-state index in [1.54, 1.807) is 17.1 Å². The van der Waals surface area contributed by atoms with E-state index in [0.29, 0.717) is 17.9 Å². The van der Waals surface area contributed by atoms with Crippen molar-refractivity contribution in [2.75, 3.05) is 18.5 Å². The van der Waals surface area contributed by atoms with Crippen LogP contribution in [0.4, 0.5) is 5.69 Å². The molecule has 6 heteroatoms. The number of carbonyl (C=O) groups is 1. The Morgan fingerprint density at radius 3 is 2.69 bits per heavy atom. The maximum Gasteiger partial charge on any atom is 0.258 e. The highest BCUT2D eigenvalue weighted by Gasteiger charge is 2.17. The zero-order chi connectivity index (χ0) is 17.8. The van der Waals surface area contributed by atoms with Gasteiger partial charge in [0.25, 0.3) is 5.91 Å². The number of amides is 1. The number of carbonyl (C=O) groups excluding carboxylic acids is 1. The molecule has 132 valence electrons. The molecular formula is C20H19N3O3. The third kappa shape index (κ3) is 3.75. The topological polar surface area (TPSA) is 65.4 Å². The number of aromatic nitrogens is 2. The lowest BCUT2D eigenvalue weighted by molar-refractivity contribution is 0.102. The van der Waals surface area contributed by atoms with E-state index in [2.05, 4.69) is 10.4 Å². The molecule has 2 aromatic carbocycles. The number of benzene rings is 2. The predicted molar refractivity (Wildman–Crippen MR) is 97.8 cm³/mol. The molecule has 0 aliphatic carbocycles. The molecule has 1 saturated heterocycles. The molecule has 4 rings (SSSR count). The summed E-state index contributed by atoms with van der Waals surface area (Å²) in [5.41, 5.74) is 2.11. The van der Waals surface area contributed by atoms with Crippen molar-refractivity contribution in [2.24, 2.45) is 0 Å². The first-order valence-electron chi connectivity index (χ1n) is 8.54. The average molecular weight is 349 g/mol. The molecule has 1 aliphatic rings. The van der Waals surface area contributed by atoms with Crippen molar-refractivity contribution in [1.29, 1.82) is 0 Å². The Kier molecular flexibility index (Phi) is 4.66. The van der Waals surface area contributed by atoms with E-state index >= 15 is 0 Å². The first-order valence-corrected chi connectivity index (χ1v) is 8.54. The zero-order valence-corrected chi connectivity index (χ0v) is 14.2. The lowest BCUT2D eigenvalue weighted by atomic mass is 10.2. The first-order chi connectivity index (χ1) is 12.8. The minimum Gasteiger partial charge on any atom is -0.488 e. The van der Waals surface area contributed by atoms with Crippen LogP contribution in [0.25, 0.3) is 5.69 Å². The van der Waals surface area contributed by atoms with Crippen LogP contribution in [0, 0.1) is 0 Å². The van der Waals surface area contributed by atoms with Crippen LogP contribution in [0.2, 0.25) is 0 Å². The molecule has 26 heavy (non-hydrogen) atoms. The number of ether oxygens (including phenoxy) is 2. The fourth-order valence-corrected chi connectivity index (χ4v) is 2.78.